The first-order chi connectivity index (χ1) is 8.11. The first-order valence-electron chi connectivity index (χ1n) is 6.06. The molecule has 0 aromatic rings. The number of hydrogen-bond acceptors (Lipinski definition) is 3. The number of hydrogen-bond donors (Lipinski definition) is 1. The van der Waals surface area contributed by atoms with Crippen molar-refractivity contribution < 1.29 is 19.4 Å². The monoisotopic (exact) mass is 242 g/mol. The Morgan fingerprint density at radius 1 is 1.29 bits per heavy atom. The highest BCUT2D eigenvalue weighted by Crippen LogP contribution is 2.12. The summed E-state index contributed by atoms with van der Waals surface area (Å²) in [5.41, 5.74) is 0. The van der Waals surface area contributed by atoms with E-state index in [-0.39, 0.29) is 6.42 Å². The molecule has 98 valence electrons. The van der Waals surface area contributed by atoms with E-state index in [1.165, 1.54) is 20.0 Å². The summed E-state index contributed by atoms with van der Waals surface area (Å²) >= 11 is 0. The highest BCUT2D eigenvalue weighted by molar-refractivity contribution is 5.79. The lowest BCUT2D eigenvalue weighted by atomic mass is 10.0. The summed E-state index contributed by atoms with van der Waals surface area (Å²) in [5.74, 6) is -2.00. The molecule has 0 aromatic carbocycles. The van der Waals surface area contributed by atoms with Crippen LogP contribution in [0.1, 0.15) is 45.4 Å². The first-order valence-corrected chi connectivity index (χ1v) is 6.06. The molecule has 0 aromatic heterocycles. The summed E-state index contributed by atoms with van der Waals surface area (Å²) in [6, 6.07) is 0. The molecule has 0 fully saturated rings. The molecule has 0 saturated heterocycles. The van der Waals surface area contributed by atoms with E-state index in [2.05, 4.69) is 11.7 Å². The summed E-state index contributed by atoms with van der Waals surface area (Å²) in [4.78, 5) is 21.9. The molecular formula is C13H22O4. The maximum Gasteiger partial charge on any atom is 0.309 e. The minimum absolute atomic E-state index is 0.175. The summed E-state index contributed by atoms with van der Waals surface area (Å²) < 4.78 is 4.57. The molecule has 0 heterocycles. The molecule has 4 heteroatoms. The zero-order valence-corrected chi connectivity index (χ0v) is 10.6. The molecular weight excluding hydrogens is 220 g/mol. The fraction of sp³-hybridized carbons (Fsp3) is 0.692. The number of carboxylic acid groups (broad SMARTS) is 1. The maximum atomic E-state index is 11.3. The SMILES string of the molecule is CCCCC/C=C/CC(CC(=O)O)C(=O)OC. The lowest BCUT2D eigenvalue weighted by molar-refractivity contribution is -0.150. The molecule has 1 unspecified atom stereocenters. The number of methoxy groups -OCH3 is 1. The van der Waals surface area contributed by atoms with Gasteiger partial charge in [-0.3, -0.25) is 9.59 Å². The van der Waals surface area contributed by atoms with Crippen molar-refractivity contribution in [3.63, 3.8) is 0 Å². The van der Waals surface area contributed by atoms with Gasteiger partial charge in [0, 0.05) is 0 Å². The topological polar surface area (TPSA) is 63.6 Å². The largest absolute Gasteiger partial charge is 0.481 e. The second-order valence-corrected chi connectivity index (χ2v) is 4.02. The van der Waals surface area contributed by atoms with E-state index in [0.29, 0.717) is 6.42 Å². The second kappa shape index (κ2) is 9.87. The van der Waals surface area contributed by atoms with Gasteiger partial charge >= 0.3 is 11.9 Å². The van der Waals surface area contributed by atoms with Crippen LogP contribution in [0.3, 0.4) is 0 Å². The van der Waals surface area contributed by atoms with Gasteiger partial charge in [0.25, 0.3) is 0 Å². The minimum atomic E-state index is -0.972. The molecule has 0 radical (unpaired) electrons. The van der Waals surface area contributed by atoms with Crippen molar-refractivity contribution in [2.45, 2.75) is 45.4 Å². The summed E-state index contributed by atoms with van der Waals surface area (Å²) in [7, 11) is 1.28. The predicted molar refractivity (Wildman–Crippen MR) is 65.7 cm³/mol. The van der Waals surface area contributed by atoms with Crippen molar-refractivity contribution in [3.8, 4) is 0 Å². The number of rotatable bonds is 9. The van der Waals surface area contributed by atoms with Crippen molar-refractivity contribution in [1.29, 1.82) is 0 Å². The third kappa shape index (κ3) is 8.48. The lowest BCUT2D eigenvalue weighted by Gasteiger charge is -2.09. The molecule has 17 heavy (non-hydrogen) atoms. The highest BCUT2D eigenvalue weighted by atomic mass is 16.5. The van der Waals surface area contributed by atoms with E-state index >= 15 is 0 Å². The number of unbranched alkanes of at least 4 members (excludes halogenated alkanes) is 3. The number of esters is 1. The van der Waals surface area contributed by atoms with Gasteiger partial charge in [-0.1, -0.05) is 31.9 Å². The normalized spacial score (nSPS) is 12.6. The average Bonchev–Trinajstić information content (AvgIpc) is 2.30. The van der Waals surface area contributed by atoms with Crippen LogP contribution >= 0.6 is 0 Å². The van der Waals surface area contributed by atoms with Crippen LogP contribution in [-0.4, -0.2) is 24.2 Å². The smallest absolute Gasteiger partial charge is 0.309 e. The van der Waals surface area contributed by atoms with Crippen molar-refractivity contribution in [2.24, 2.45) is 5.92 Å². The van der Waals surface area contributed by atoms with Gasteiger partial charge in [0.05, 0.1) is 19.4 Å². The Morgan fingerprint density at radius 3 is 2.53 bits per heavy atom. The molecule has 1 atom stereocenters. The second-order valence-electron chi connectivity index (χ2n) is 4.02. The van der Waals surface area contributed by atoms with Crippen molar-refractivity contribution >= 4 is 11.9 Å². The first kappa shape index (κ1) is 15.7. The number of allylic oxidation sites excluding steroid dienone is 2. The minimum Gasteiger partial charge on any atom is -0.481 e. The zero-order chi connectivity index (χ0) is 13.1. The third-order valence-electron chi connectivity index (χ3n) is 2.52. The molecule has 0 spiro atoms. The van der Waals surface area contributed by atoms with Gasteiger partial charge < -0.3 is 9.84 Å². The average molecular weight is 242 g/mol. The van der Waals surface area contributed by atoms with Gasteiger partial charge in [-0.2, -0.15) is 0 Å². The van der Waals surface area contributed by atoms with Gasteiger partial charge in [-0.15, -0.1) is 0 Å². The standard InChI is InChI=1S/C13H22O4/c1-3-4-5-6-7-8-9-11(10-12(14)15)13(16)17-2/h7-8,11H,3-6,9-10H2,1-2H3,(H,14,15)/b8-7+. The number of carbonyl (C=O) groups excluding carboxylic acids is 1. The Labute approximate surface area is 103 Å². The van der Waals surface area contributed by atoms with Crippen molar-refractivity contribution in [3.05, 3.63) is 12.2 Å². The molecule has 4 nitrogen and oxygen atoms in total. The molecule has 0 aliphatic carbocycles. The van der Waals surface area contributed by atoms with Crippen LogP contribution in [0.5, 0.6) is 0 Å². The van der Waals surface area contributed by atoms with E-state index in [9.17, 15) is 9.59 Å². The van der Waals surface area contributed by atoms with Crippen LogP contribution in [0, 0.1) is 5.92 Å². The predicted octanol–water partition coefficient (Wildman–Crippen LogP) is 2.78. The van der Waals surface area contributed by atoms with E-state index in [1.54, 1.807) is 0 Å². The Hall–Kier alpha value is -1.32. The van der Waals surface area contributed by atoms with Crippen LogP contribution in [0.25, 0.3) is 0 Å². The van der Waals surface area contributed by atoms with E-state index in [4.69, 9.17) is 5.11 Å². The Balaban J connectivity index is 3.98. The number of aliphatic carboxylic acids is 1. The molecule has 1 N–H and O–H groups in total. The number of ether oxygens (including phenoxy) is 1. The van der Waals surface area contributed by atoms with Crippen LogP contribution < -0.4 is 0 Å². The molecule has 0 amide bonds. The summed E-state index contributed by atoms with van der Waals surface area (Å²) in [5, 5.41) is 8.67. The van der Waals surface area contributed by atoms with Crippen molar-refractivity contribution in [2.75, 3.05) is 7.11 Å². The van der Waals surface area contributed by atoms with Gasteiger partial charge in [0.2, 0.25) is 0 Å². The van der Waals surface area contributed by atoms with Crippen molar-refractivity contribution in [1.82, 2.24) is 0 Å². The van der Waals surface area contributed by atoms with Crippen LogP contribution in [0.15, 0.2) is 12.2 Å². The lowest BCUT2D eigenvalue weighted by Crippen LogP contribution is -2.19. The van der Waals surface area contributed by atoms with E-state index in [1.807, 2.05) is 12.2 Å². The fourth-order valence-electron chi connectivity index (χ4n) is 1.53. The molecule has 0 saturated carbocycles. The van der Waals surface area contributed by atoms with Gasteiger partial charge in [0.15, 0.2) is 0 Å². The zero-order valence-electron chi connectivity index (χ0n) is 10.6. The van der Waals surface area contributed by atoms with E-state index in [0.717, 1.165) is 12.8 Å². The van der Waals surface area contributed by atoms with Gasteiger partial charge in [0.1, 0.15) is 0 Å². The Bertz CT molecular complexity index is 258. The Kier molecular flexibility index (Phi) is 9.11. The van der Waals surface area contributed by atoms with Crippen LogP contribution in [0.4, 0.5) is 0 Å². The molecule has 0 aliphatic rings. The van der Waals surface area contributed by atoms with Gasteiger partial charge in [-0.05, 0) is 19.3 Å². The maximum absolute atomic E-state index is 11.3. The molecule has 0 bridgehead atoms. The molecule has 0 rings (SSSR count). The quantitative estimate of drug-likeness (QED) is 0.383. The summed E-state index contributed by atoms with van der Waals surface area (Å²) in [6.07, 6.45) is 8.63. The third-order valence-corrected chi connectivity index (χ3v) is 2.52. The number of carbonyl (C=O) groups is 2. The van der Waals surface area contributed by atoms with Crippen LogP contribution in [-0.2, 0) is 14.3 Å². The molecule has 0 aliphatic heterocycles. The highest BCUT2D eigenvalue weighted by Gasteiger charge is 2.20. The van der Waals surface area contributed by atoms with Crippen LogP contribution in [0.2, 0.25) is 0 Å². The Morgan fingerprint density at radius 2 is 2.00 bits per heavy atom. The summed E-state index contributed by atoms with van der Waals surface area (Å²) in [6.45, 7) is 2.14. The van der Waals surface area contributed by atoms with Gasteiger partial charge in [-0.25, -0.2) is 0 Å². The fourth-order valence-corrected chi connectivity index (χ4v) is 1.53. The van der Waals surface area contributed by atoms with E-state index < -0.39 is 17.9 Å². The number of carboxylic acids is 1.